The van der Waals surface area contributed by atoms with Crippen LogP contribution >= 0.6 is 0 Å². The Labute approximate surface area is 111 Å². The van der Waals surface area contributed by atoms with Crippen molar-refractivity contribution in [2.24, 2.45) is 5.73 Å². The van der Waals surface area contributed by atoms with E-state index in [1.54, 1.807) is 25.1 Å². The van der Waals surface area contributed by atoms with E-state index in [0.29, 0.717) is 22.6 Å². The molecule has 4 heteroatoms. The molecule has 0 aliphatic rings. The van der Waals surface area contributed by atoms with Crippen molar-refractivity contribution >= 4 is 0 Å². The summed E-state index contributed by atoms with van der Waals surface area (Å²) in [5.74, 6) is 0.686. The Morgan fingerprint density at radius 2 is 1.95 bits per heavy atom. The SMILES string of the molecule is C[C@H](N)c1cc(F)ccc1Oc1ccccc1CO. The molecule has 0 amide bonds. The molecular weight excluding hydrogens is 245 g/mol. The lowest BCUT2D eigenvalue weighted by molar-refractivity contribution is 0.276. The van der Waals surface area contributed by atoms with Crippen molar-refractivity contribution < 1.29 is 14.2 Å². The lowest BCUT2D eigenvalue weighted by Crippen LogP contribution is -2.07. The van der Waals surface area contributed by atoms with Gasteiger partial charge in [-0.05, 0) is 31.2 Å². The standard InChI is InChI=1S/C15H16FNO2/c1-10(17)13-8-12(16)6-7-15(13)19-14-5-3-2-4-11(14)9-18/h2-8,10,18H,9,17H2,1H3/t10-/m0/s1. The predicted octanol–water partition coefficient (Wildman–Crippen LogP) is 3.13. The van der Waals surface area contributed by atoms with Crippen molar-refractivity contribution in [3.8, 4) is 11.5 Å². The lowest BCUT2D eigenvalue weighted by Gasteiger charge is -2.15. The van der Waals surface area contributed by atoms with E-state index in [0.717, 1.165) is 0 Å². The van der Waals surface area contributed by atoms with Crippen LogP contribution < -0.4 is 10.5 Å². The molecule has 2 aromatic rings. The first-order valence-electron chi connectivity index (χ1n) is 6.03. The zero-order chi connectivity index (χ0) is 13.8. The molecule has 3 N–H and O–H groups in total. The molecule has 0 saturated heterocycles. The second-order valence-corrected chi connectivity index (χ2v) is 4.34. The molecule has 3 nitrogen and oxygen atoms in total. The molecule has 2 aromatic carbocycles. The Morgan fingerprint density at radius 1 is 1.21 bits per heavy atom. The molecule has 0 spiro atoms. The highest BCUT2D eigenvalue weighted by Gasteiger charge is 2.12. The van der Waals surface area contributed by atoms with Crippen molar-refractivity contribution in [1.29, 1.82) is 0 Å². The van der Waals surface area contributed by atoms with Gasteiger partial charge >= 0.3 is 0 Å². The van der Waals surface area contributed by atoms with Gasteiger partial charge in [-0.2, -0.15) is 0 Å². The average molecular weight is 261 g/mol. The van der Waals surface area contributed by atoms with E-state index >= 15 is 0 Å². The molecular formula is C15H16FNO2. The van der Waals surface area contributed by atoms with Crippen LogP contribution in [0.5, 0.6) is 11.5 Å². The van der Waals surface area contributed by atoms with Gasteiger partial charge in [-0.15, -0.1) is 0 Å². The van der Waals surface area contributed by atoms with E-state index in [1.165, 1.54) is 12.1 Å². The average Bonchev–Trinajstić information content (AvgIpc) is 2.41. The fourth-order valence-electron chi connectivity index (χ4n) is 1.82. The molecule has 0 unspecified atom stereocenters. The third-order valence-electron chi connectivity index (χ3n) is 2.83. The molecule has 0 aromatic heterocycles. The molecule has 0 aliphatic carbocycles. The monoisotopic (exact) mass is 261 g/mol. The number of halogens is 1. The zero-order valence-corrected chi connectivity index (χ0v) is 10.6. The molecule has 0 aliphatic heterocycles. The minimum absolute atomic E-state index is 0.120. The highest BCUT2D eigenvalue weighted by atomic mass is 19.1. The number of ether oxygens (including phenoxy) is 1. The number of nitrogens with two attached hydrogens (primary N) is 1. The minimum Gasteiger partial charge on any atom is -0.457 e. The van der Waals surface area contributed by atoms with E-state index in [9.17, 15) is 9.50 Å². The Balaban J connectivity index is 2.38. The molecule has 0 fully saturated rings. The Morgan fingerprint density at radius 3 is 2.63 bits per heavy atom. The zero-order valence-electron chi connectivity index (χ0n) is 10.6. The smallest absolute Gasteiger partial charge is 0.132 e. The summed E-state index contributed by atoms with van der Waals surface area (Å²) in [6, 6.07) is 11.0. The van der Waals surface area contributed by atoms with Crippen LogP contribution in [-0.2, 0) is 6.61 Å². The number of hydrogen-bond acceptors (Lipinski definition) is 3. The van der Waals surface area contributed by atoms with Crippen molar-refractivity contribution in [2.75, 3.05) is 0 Å². The van der Waals surface area contributed by atoms with Crippen LogP contribution in [0.1, 0.15) is 24.1 Å². The van der Waals surface area contributed by atoms with Gasteiger partial charge in [0.2, 0.25) is 0 Å². The van der Waals surface area contributed by atoms with Gasteiger partial charge in [0, 0.05) is 17.2 Å². The third-order valence-corrected chi connectivity index (χ3v) is 2.83. The second kappa shape index (κ2) is 5.82. The summed E-state index contributed by atoms with van der Waals surface area (Å²) in [7, 11) is 0. The Bertz CT molecular complexity index is 570. The van der Waals surface area contributed by atoms with E-state index in [-0.39, 0.29) is 18.5 Å². The fourth-order valence-corrected chi connectivity index (χ4v) is 1.82. The first kappa shape index (κ1) is 13.5. The highest BCUT2D eigenvalue weighted by Crippen LogP contribution is 2.31. The van der Waals surface area contributed by atoms with Gasteiger partial charge in [0.15, 0.2) is 0 Å². The molecule has 2 rings (SSSR count). The van der Waals surface area contributed by atoms with Gasteiger partial charge in [-0.25, -0.2) is 4.39 Å². The molecule has 1 atom stereocenters. The van der Waals surface area contributed by atoms with Crippen LogP contribution in [0.15, 0.2) is 42.5 Å². The first-order valence-corrected chi connectivity index (χ1v) is 6.03. The summed E-state index contributed by atoms with van der Waals surface area (Å²) in [5.41, 5.74) is 7.07. The minimum atomic E-state index is -0.352. The van der Waals surface area contributed by atoms with Crippen LogP contribution in [0, 0.1) is 5.82 Å². The van der Waals surface area contributed by atoms with Gasteiger partial charge in [0.05, 0.1) is 6.61 Å². The maximum Gasteiger partial charge on any atom is 0.132 e. The van der Waals surface area contributed by atoms with Gasteiger partial charge < -0.3 is 15.6 Å². The van der Waals surface area contributed by atoms with Crippen LogP contribution in [0.25, 0.3) is 0 Å². The van der Waals surface area contributed by atoms with E-state index < -0.39 is 0 Å². The topological polar surface area (TPSA) is 55.5 Å². The largest absolute Gasteiger partial charge is 0.457 e. The number of rotatable bonds is 4. The normalized spacial score (nSPS) is 12.2. The van der Waals surface area contributed by atoms with Crippen molar-refractivity contribution in [1.82, 2.24) is 0 Å². The molecule has 0 heterocycles. The second-order valence-electron chi connectivity index (χ2n) is 4.34. The predicted molar refractivity (Wildman–Crippen MR) is 71.4 cm³/mol. The summed E-state index contributed by atoms with van der Waals surface area (Å²) < 4.78 is 19.0. The van der Waals surface area contributed by atoms with E-state index in [1.807, 2.05) is 12.1 Å². The van der Waals surface area contributed by atoms with Crippen molar-refractivity contribution in [3.05, 3.63) is 59.4 Å². The molecule has 0 bridgehead atoms. The molecule has 0 saturated carbocycles. The van der Waals surface area contributed by atoms with Gasteiger partial charge in [0.25, 0.3) is 0 Å². The van der Waals surface area contributed by atoms with Crippen molar-refractivity contribution in [3.63, 3.8) is 0 Å². The lowest BCUT2D eigenvalue weighted by atomic mass is 10.1. The van der Waals surface area contributed by atoms with Crippen LogP contribution in [0.3, 0.4) is 0 Å². The molecule has 19 heavy (non-hydrogen) atoms. The summed E-state index contributed by atoms with van der Waals surface area (Å²) in [6.07, 6.45) is 0. The van der Waals surface area contributed by atoms with Gasteiger partial charge in [-0.3, -0.25) is 0 Å². The number of aliphatic hydroxyl groups is 1. The summed E-state index contributed by atoms with van der Waals surface area (Å²) in [6.45, 7) is 1.64. The van der Waals surface area contributed by atoms with E-state index in [2.05, 4.69) is 0 Å². The number of aliphatic hydroxyl groups excluding tert-OH is 1. The fraction of sp³-hybridized carbons (Fsp3) is 0.200. The molecule has 100 valence electrons. The first-order chi connectivity index (χ1) is 9.11. The van der Waals surface area contributed by atoms with Crippen molar-refractivity contribution in [2.45, 2.75) is 19.6 Å². The maximum absolute atomic E-state index is 13.2. The van der Waals surface area contributed by atoms with Gasteiger partial charge in [0.1, 0.15) is 17.3 Å². The Hall–Kier alpha value is -1.91. The van der Waals surface area contributed by atoms with Crippen LogP contribution in [-0.4, -0.2) is 5.11 Å². The highest BCUT2D eigenvalue weighted by molar-refractivity contribution is 5.42. The Kier molecular flexibility index (Phi) is 4.14. The van der Waals surface area contributed by atoms with Crippen LogP contribution in [0.2, 0.25) is 0 Å². The number of benzene rings is 2. The van der Waals surface area contributed by atoms with Crippen LogP contribution in [0.4, 0.5) is 4.39 Å². The van der Waals surface area contributed by atoms with Gasteiger partial charge in [-0.1, -0.05) is 18.2 Å². The maximum atomic E-state index is 13.2. The number of hydrogen-bond donors (Lipinski definition) is 2. The summed E-state index contributed by atoms with van der Waals surface area (Å²) >= 11 is 0. The third kappa shape index (κ3) is 3.10. The summed E-state index contributed by atoms with van der Waals surface area (Å²) in [5, 5.41) is 9.25. The quantitative estimate of drug-likeness (QED) is 0.889. The number of para-hydroxylation sites is 1. The van der Waals surface area contributed by atoms with E-state index in [4.69, 9.17) is 10.5 Å². The molecule has 0 radical (unpaired) electrons. The summed E-state index contributed by atoms with van der Waals surface area (Å²) in [4.78, 5) is 0.